The van der Waals surface area contributed by atoms with Gasteiger partial charge in [-0.05, 0) is 24.3 Å². The largest absolute Gasteiger partial charge is 1.00 e. The fraction of sp³-hybridized carbons (Fsp3) is 0.0909. The minimum Gasteiger partial charge on any atom is -1.00 e. The molecule has 0 heterocycles. The van der Waals surface area contributed by atoms with Gasteiger partial charge in [0.2, 0.25) is 0 Å². The predicted molar refractivity (Wildman–Crippen MR) is 124 cm³/mol. The standard InChI is InChI=1S/C22H18N2O8S2.Na.H/c23-20-17(34(30,31)32)11-16(24-12-4-3-5-13(10-12)33(28,29)9-8-25)18-19(20)22(27)15-7-2-1-6-14(15)21(18)26;;/h1-7,10-11,24-25H,8-9,23H2,(H,30,31,32);;/q;+1;-1. The number of nitrogens with two attached hydrogens (primary N) is 1. The van der Waals surface area contributed by atoms with Crippen LogP contribution in [0.3, 0.4) is 0 Å². The summed E-state index contributed by atoms with van der Waals surface area (Å²) in [6, 6.07) is 12.3. The van der Waals surface area contributed by atoms with E-state index >= 15 is 0 Å². The summed E-state index contributed by atoms with van der Waals surface area (Å²) < 4.78 is 58.3. The number of nitrogen functional groups attached to an aromatic ring is 1. The summed E-state index contributed by atoms with van der Waals surface area (Å²) in [4.78, 5) is 25.6. The minimum atomic E-state index is -4.89. The number of fused-ring (bicyclic) bond motifs is 2. The zero-order valence-electron chi connectivity index (χ0n) is 19.3. The summed E-state index contributed by atoms with van der Waals surface area (Å²) in [5.74, 6) is -1.81. The number of anilines is 3. The molecule has 0 saturated heterocycles. The topological polar surface area (TPSA) is 181 Å². The first-order valence-electron chi connectivity index (χ1n) is 9.79. The van der Waals surface area contributed by atoms with Gasteiger partial charge in [0.05, 0.1) is 39.8 Å². The summed E-state index contributed by atoms with van der Waals surface area (Å²) in [5, 5.41) is 11.8. The van der Waals surface area contributed by atoms with Gasteiger partial charge in [-0.25, -0.2) is 8.42 Å². The first-order valence-corrected chi connectivity index (χ1v) is 12.9. The second-order valence-electron chi connectivity index (χ2n) is 7.46. The smallest absolute Gasteiger partial charge is 1.00 e. The molecule has 1 aliphatic rings. The van der Waals surface area contributed by atoms with E-state index in [-0.39, 0.29) is 69.5 Å². The van der Waals surface area contributed by atoms with Crippen LogP contribution in [0.1, 0.15) is 33.3 Å². The van der Waals surface area contributed by atoms with Crippen LogP contribution in [0.2, 0.25) is 0 Å². The normalized spacial score (nSPS) is 13.0. The molecule has 3 aromatic carbocycles. The zero-order valence-corrected chi connectivity index (χ0v) is 22.0. The van der Waals surface area contributed by atoms with Crippen LogP contribution in [0, 0.1) is 0 Å². The van der Waals surface area contributed by atoms with Gasteiger partial charge in [0.25, 0.3) is 10.1 Å². The molecule has 0 fully saturated rings. The quantitative estimate of drug-likeness (QED) is 0.137. The zero-order chi connectivity index (χ0) is 24.8. The van der Waals surface area contributed by atoms with Crippen molar-refractivity contribution in [2.45, 2.75) is 9.79 Å². The van der Waals surface area contributed by atoms with E-state index < -0.39 is 54.5 Å². The van der Waals surface area contributed by atoms with Crippen LogP contribution < -0.4 is 40.6 Å². The van der Waals surface area contributed by atoms with Gasteiger partial charge in [0, 0.05) is 16.8 Å². The third-order valence-electron chi connectivity index (χ3n) is 5.31. The molecule has 0 unspecified atom stereocenters. The number of sulfone groups is 1. The third-order valence-corrected chi connectivity index (χ3v) is 7.90. The molecule has 10 nitrogen and oxygen atoms in total. The van der Waals surface area contributed by atoms with Gasteiger partial charge in [-0.1, -0.05) is 30.3 Å². The number of carbonyl (C=O) groups excluding carboxylic acids is 2. The van der Waals surface area contributed by atoms with Crippen molar-refractivity contribution in [3.05, 3.63) is 76.9 Å². The molecular formula is C22H19N2NaO8S2. The molecule has 5 N–H and O–H groups in total. The predicted octanol–water partition coefficient (Wildman–Crippen LogP) is -1.08. The molecule has 0 radical (unpaired) electrons. The maximum absolute atomic E-state index is 13.3. The summed E-state index contributed by atoms with van der Waals surface area (Å²) in [6.45, 7) is -0.584. The molecule has 0 spiro atoms. The average Bonchev–Trinajstić information content (AvgIpc) is 2.77. The van der Waals surface area contributed by atoms with Crippen LogP contribution in [-0.2, 0) is 20.0 Å². The molecular weight excluding hydrogens is 507 g/mol. The number of nitrogens with one attached hydrogen (secondary N) is 1. The van der Waals surface area contributed by atoms with E-state index in [9.17, 15) is 31.0 Å². The van der Waals surface area contributed by atoms with Gasteiger partial charge in [-0.2, -0.15) is 8.42 Å². The Bertz CT molecular complexity index is 1590. The van der Waals surface area contributed by atoms with Gasteiger partial charge in [0.1, 0.15) is 4.90 Å². The SMILES string of the molecule is Nc1c(S(=O)(=O)O)cc(Nc2cccc(S(=O)(=O)CCO)c2)c2c1C(=O)c1ccccc1C2=O.[H-].[Na+]. The van der Waals surface area contributed by atoms with Crippen molar-refractivity contribution >= 4 is 48.6 Å². The van der Waals surface area contributed by atoms with Crippen molar-refractivity contribution in [2.75, 3.05) is 23.4 Å². The molecule has 0 amide bonds. The molecule has 4 rings (SSSR count). The van der Waals surface area contributed by atoms with Gasteiger partial charge >= 0.3 is 29.6 Å². The van der Waals surface area contributed by atoms with Gasteiger partial charge in [0.15, 0.2) is 21.4 Å². The average molecular weight is 527 g/mol. The van der Waals surface area contributed by atoms with Crippen LogP contribution in [0.25, 0.3) is 0 Å². The monoisotopic (exact) mass is 526 g/mol. The van der Waals surface area contributed by atoms with E-state index in [1.165, 1.54) is 42.5 Å². The van der Waals surface area contributed by atoms with Crippen molar-refractivity contribution in [3.63, 3.8) is 0 Å². The van der Waals surface area contributed by atoms with Gasteiger partial charge < -0.3 is 17.6 Å². The second-order valence-corrected chi connectivity index (χ2v) is 11.0. The van der Waals surface area contributed by atoms with Crippen molar-refractivity contribution in [2.24, 2.45) is 0 Å². The number of aliphatic hydroxyl groups excluding tert-OH is 1. The van der Waals surface area contributed by atoms with E-state index in [0.29, 0.717) is 0 Å². The van der Waals surface area contributed by atoms with Gasteiger partial charge in [-0.3, -0.25) is 14.1 Å². The number of carbonyl (C=O) groups is 2. The summed E-state index contributed by atoms with van der Waals surface area (Å²) in [6.07, 6.45) is 0. The van der Waals surface area contributed by atoms with E-state index in [2.05, 4.69) is 5.32 Å². The molecule has 13 heteroatoms. The Kier molecular flexibility index (Phi) is 7.58. The Hall–Kier alpha value is -2.58. The van der Waals surface area contributed by atoms with Crippen molar-refractivity contribution < 1.29 is 67.1 Å². The minimum absolute atomic E-state index is 0. The first-order chi connectivity index (χ1) is 16.0. The molecule has 1 aliphatic carbocycles. The molecule has 3 aromatic rings. The number of rotatable bonds is 6. The molecule has 35 heavy (non-hydrogen) atoms. The number of benzene rings is 3. The van der Waals surface area contributed by atoms with E-state index in [0.717, 1.165) is 6.07 Å². The molecule has 0 atom stereocenters. The van der Waals surface area contributed by atoms with E-state index in [4.69, 9.17) is 10.8 Å². The van der Waals surface area contributed by atoms with Crippen LogP contribution in [-0.4, -0.2) is 50.4 Å². The van der Waals surface area contributed by atoms with Crippen LogP contribution in [0.4, 0.5) is 17.1 Å². The van der Waals surface area contributed by atoms with E-state index in [1.54, 1.807) is 6.07 Å². The fourth-order valence-electron chi connectivity index (χ4n) is 3.77. The first kappa shape index (κ1) is 27.0. The summed E-state index contributed by atoms with van der Waals surface area (Å²) in [7, 11) is -8.70. The maximum atomic E-state index is 13.3. The second kappa shape index (κ2) is 9.82. The molecule has 0 aliphatic heterocycles. The third kappa shape index (κ3) is 4.91. The van der Waals surface area contributed by atoms with Gasteiger partial charge in [-0.15, -0.1) is 0 Å². The van der Waals surface area contributed by atoms with Crippen LogP contribution in [0.15, 0.2) is 64.4 Å². The number of hydrogen-bond acceptors (Lipinski definition) is 9. The fourth-order valence-corrected chi connectivity index (χ4v) is 5.48. The Morgan fingerprint density at radius 3 is 2.06 bits per heavy atom. The maximum Gasteiger partial charge on any atom is 1.00 e. The van der Waals surface area contributed by atoms with Crippen LogP contribution in [0.5, 0.6) is 0 Å². The van der Waals surface area contributed by atoms with Crippen LogP contribution >= 0.6 is 0 Å². The number of hydrogen-bond donors (Lipinski definition) is 4. The number of aliphatic hydroxyl groups is 1. The molecule has 178 valence electrons. The Morgan fingerprint density at radius 2 is 1.49 bits per heavy atom. The molecule has 0 bridgehead atoms. The number of ketones is 2. The molecule has 0 saturated carbocycles. The van der Waals surface area contributed by atoms with Crippen molar-refractivity contribution in [1.29, 1.82) is 0 Å². The van der Waals surface area contributed by atoms with E-state index in [1.807, 2.05) is 0 Å². The molecule has 0 aromatic heterocycles. The van der Waals surface area contributed by atoms with Crippen molar-refractivity contribution in [1.82, 2.24) is 0 Å². The Labute approximate surface area is 224 Å². The Morgan fingerprint density at radius 1 is 0.886 bits per heavy atom. The summed E-state index contributed by atoms with van der Waals surface area (Å²) in [5.41, 5.74) is 4.86. The van der Waals surface area contributed by atoms with Crippen molar-refractivity contribution in [3.8, 4) is 0 Å². The Balaban J connectivity index is 0.00000228. The summed E-state index contributed by atoms with van der Waals surface area (Å²) >= 11 is 0.